The van der Waals surface area contributed by atoms with Crippen molar-refractivity contribution < 1.29 is 4.74 Å². The Bertz CT molecular complexity index is 1740. The fourth-order valence-corrected chi connectivity index (χ4v) is 5.33. The van der Waals surface area contributed by atoms with E-state index in [9.17, 15) is 4.79 Å². The van der Waals surface area contributed by atoms with Gasteiger partial charge in [-0.3, -0.25) is 4.79 Å². The van der Waals surface area contributed by atoms with Gasteiger partial charge in [0.25, 0.3) is 5.56 Å². The normalized spacial score (nSPS) is 13.9. The Labute approximate surface area is 239 Å². The molecule has 1 saturated heterocycles. The average Bonchev–Trinajstić information content (AvgIpc) is 3.00. The van der Waals surface area contributed by atoms with Crippen molar-refractivity contribution in [1.82, 2.24) is 19.4 Å². The van der Waals surface area contributed by atoms with Crippen molar-refractivity contribution >= 4 is 28.2 Å². The van der Waals surface area contributed by atoms with Crippen LogP contribution in [0.25, 0.3) is 22.2 Å². The zero-order valence-corrected chi connectivity index (χ0v) is 23.7. The zero-order chi connectivity index (χ0) is 28.3. The van der Waals surface area contributed by atoms with E-state index >= 15 is 0 Å². The van der Waals surface area contributed by atoms with Crippen LogP contribution in [0.3, 0.4) is 0 Å². The molecule has 0 atom stereocenters. The topological polar surface area (TPSA) is 75.5 Å². The number of likely N-dealkylation sites (N-methyl/N-ethyl adjacent to an activating group) is 1. The Morgan fingerprint density at radius 2 is 1.71 bits per heavy atom. The number of aryl methyl sites for hydroxylation is 1. The molecule has 0 aliphatic carbocycles. The molecule has 8 nitrogen and oxygen atoms in total. The number of rotatable bonds is 7. The first kappa shape index (κ1) is 26.5. The van der Waals surface area contributed by atoms with Crippen molar-refractivity contribution in [2.24, 2.45) is 0 Å². The third-order valence-corrected chi connectivity index (χ3v) is 7.74. The molecule has 2 aromatic heterocycles. The number of nitrogens with zero attached hydrogens (tertiary/aromatic N) is 5. The number of benzene rings is 3. The Kier molecular flexibility index (Phi) is 7.39. The monoisotopic (exact) mass is 546 g/mol. The first-order valence-corrected chi connectivity index (χ1v) is 13.9. The van der Waals surface area contributed by atoms with Crippen molar-refractivity contribution in [3.63, 3.8) is 0 Å². The van der Waals surface area contributed by atoms with Crippen LogP contribution < -0.4 is 20.5 Å². The molecule has 1 fully saturated rings. The van der Waals surface area contributed by atoms with Crippen LogP contribution in [0.15, 0.2) is 89.9 Å². The minimum Gasteiger partial charge on any atom is -0.497 e. The van der Waals surface area contributed by atoms with Gasteiger partial charge in [0.2, 0.25) is 5.95 Å². The standard InChI is InChI=1S/C33H34N6O2/c1-23-7-4-5-10-29(23)30-20-25-21-34-33(35-26-11-13-27(14-12-26)38-17-15-37(2)16-18-38)36-31(25)32(40)39(30)22-24-8-6-9-28(19-24)41-3/h4-14,19-21H,15-18,22H2,1-3H3,(H,34,35,36). The SMILES string of the molecule is COc1cccc(Cn2c(-c3ccccc3C)cc3cnc(Nc4ccc(N5CCN(C)CC5)cc4)nc3c2=O)c1. The Hall–Kier alpha value is -4.69. The number of methoxy groups -OCH3 is 1. The second-order valence-electron chi connectivity index (χ2n) is 10.5. The van der Waals surface area contributed by atoms with Gasteiger partial charge in [0.15, 0.2) is 0 Å². The van der Waals surface area contributed by atoms with Gasteiger partial charge in [-0.2, -0.15) is 0 Å². The van der Waals surface area contributed by atoms with Gasteiger partial charge in [0.05, 0.1) is 19.3 Å². The number of fused-ring (bicyclic) bond motifs is 1. The van der Waals surface area contributed by atoms with Gasteiger partial charge >= 0.3 is 0 Å². The van der Waals surface area contributed by atoms with Gasteiger partial charge in [-0.05, 0) is 67.6 Å². The lowest BCUT2D eigenvalue weighted by molar-refractivity contribution is 0.313. The van der Waals surface area contributed by atoms with Gasteiger partial charge in [0.1, 0.15) is 11.3 Å². The van der Waals surface area contributed by atoms with Crippen LogP contribution in [0.2, 0.25) is 0 Å². The molecule has 3 aromatic carbocycles. The van der Waals surface area contributed by atoms with Crippen molar-refractivity contribution in [3.05, 3.63) is 107 Å². The molecule has 6 rings (SSSR count). The molecule has 1 aliphatic rings. The van der Waals surface area contributed by atoms with Crippen molar-refractivity contribution in [2.45, 2.75) is 13.5 Å². The first-order valence-electron chi connectivity index (χ1n) is 13.9. The highest BCUT2D eigenvalue weighted by Gasteiger charge is 2.17. The Balaban J connectivity index is 1.35. The maximum absolute atomic E-state index is 14.0. The molecule has 0 radical (unpaired) electrons. The first-order chi connectivity index (χ1) is 20.0. The maximum atomic E-state index is 14.0. The lowest BCUT2D eigenvalue weighted by atomic mass is 10.0. The van der Waals surface area contributed by atoms with Crippen molar-refractivity contribution in [3.8, 4) is 17.0 Å². The second-order valence-corrected chi connectivity index (χ2v) is 10.5. The number of ether oxygens (including phenoxy) is 1. The third-order valence-electron chi connectivity index (χ3n) is 7.74. The van der Waals surface area contributed by atoms with Crippen molar-refractivity contribution in [1.29, 1.82) is 0 Å². The summed E-state index contributed by atoms with van der Waals surface area (Å²) in [6.07, 6.45) is 1.72. The minimum absolute atomic E-state index is 0.167. The molecule has 41 heavy (non-hydrogen) atoms. The molecule has 0 unspecified atom stereocenters. The Morgan fingerprint density at radius 1 is 0.927 bits per heavy atom. The van der Waals surface area contributed by atoms with E-state index in [1.807, 2.05) is 60.7 Å². The average molecular weight is 547 g/mol. The van der Waals surface area contributed by atoms with E-state index in [-0.39, 0.29) is 5.56 Å². The summed E-state index contributed by atoms with van der Waals surface area (Å²) >= 11 is 0. The lowest BCUT2D eigenvalue weighted by Crippen LogP contribution is -2.44. The zero-order valence-electron chi connectivity index (χ0n) is 23.7. The summed E-state index contributed by atoms with van der Waals surface area (Å²) in [6.45, 7) is 6.60. The largest absolute Gasteiger partial charge is 0.497 e. The lowest BCUT2D eigenvalue weighted by Gasteiger charge is -2.34. The predicted molar refractivity (Wildman–Crippen MR) is 166 cm³/mol. The molecular weight excluding hydrogens is 512 g/mol. The van der Waals surface area contributed by atoms with E-state index in [0.717, 1.165) is 60.0 Å². The number of nitrogens with one attached hydrogen (secondary N) is 1. The molecule has 0 bridgehead atoms. The predicted octanol–water partition coefficient (Wildman–Crippen LogP) is 5.32. The highest BCUT2D eigenvalue weighted by Crippen LogP contribution is 2.27. The smallest absolute Gasteiger partial charge is 0.278 e. The fraction of sp³-hybridized carbons (Fsp3) is 0.242. The summed E-state index contributed by atoms with van der Waals surface area (Å²) in [7, 11) is 3.80. The van der Waals surface area contributed by atoms with E-state index in [1.165, 1.54) is 5.69 Å². The summed E-state index contributed by atoms with van der Waals surface area (Å²) < 4.78 is 7.22. The van der Waals surface area contributed by atoms with Gasteiger partial charge in [0, 0.05) is 54.7 Å². The van der Waals surface area contributed by atoms with E-state index in [2.05, 4.69) is 57.3 Å². The van der Waals surface area contributed by atoms with Gasteiger partial charge in [-0.25, -0.2) is 9.97 Å². The van der Waals surface area contributed by atoms with Crippen LogP contribution in [0.5, 0.6) is 5.75 Å². The number of piperazine rings is 1. The number of anilines is 3. The van der Waals surface area contributed by atoms with Gasteiger partial charge in [-0.1, -0.05) is 36.4 Å². The summed E-state index contributed by atoms with van der Waals surface area (Å²) in [5.74, 6) is 1.14. The van der Waals surface area contributed by atoms with E-state index in [1.54, 1.807) is 17.9 Å². The number of pyridine rings is 1. The molecule has 1 aliphatic heterocycles. The van der Waals surface area contributed by atoms with Crippen LogP contribution in [-0.4, -0.2) is 59.8 Å². The van der Waals surface area contributed by atoms with Crippen molar-refractivity contribution in [2.75, 3.05) is 50.6 Å². The fourth-order valence-electron chi connectivity index (χ4n) is 5.33. The summed E-state index contributed by atoms with van der Waals surface area (Å²) in [5.41, 5.74) is 6.15. The Morgan fingerprint density at radius 3 is 2.46 bits per heavy atom. The summed E-state index contributed by atoms with van der Waals surface area (Å²) in [6, 6.07) is 26.2. The quantitative estimate of drug-likeness (QED) is 0.296. The third kappa shape index (κ3) is 5.64. The van der Waals surface area contributed by atoms with Gasteiger partial charge in [-0.15, -0.1) is 0 Å². The minimum atomic E-state index is -0.167. The molecule has 8 heteroatoms. The molecule has 208 valence electrons. The van der Waals surface area contributed by atoms with E-state index < -0.39 is 0 Å². The second kappa shape index (κ2) is 11.4. The molecule has 5 aromatic rings. The van der Waals surface area contributed by atoms with Crippen LogP contribution in [0, 0.1) is 6.92 Å². The molecule has 3 heterocycles. The number of hydrogen-bond donors (Lipinski definition) is 1. The number of hydrogen-bond acceptors (Lipinski definition) is 7. The molecule has 0 spiro atoms. The summed E-state index contributed by atoms with van der Waals surface area (Å²) in [5, 5.41) is 3.99. The maximum Gasteiger partial charge on any atom is 0.278 e. The van der Waals surface area contributed by atoms with Crippen LogP contribution in [-0.2, 0) is 6.54 Å². The molecule has 0 saturated carbocycles. The number of aromatic nitrogens is 3. The highest BCUT2D eigenvalue weighted by atomic mass is 16.5. The van der Waals surface area contributed by atoms with Crippen LogP contribution in [0.1, 0.15) is 11.1 Å². The molecular formula is C33H34N6O2. The van der Waals surface area contributed by atoms with E-state index in [0.29, 0.717) is 23.4 Å². The van der Waals surface area contributed by atoms with E-state index in [4.69, 9.17) is 4.74 Å². The highest BCUT2D eigenvalue weighted by molar-refractivity contribution is 5.83. The van der Waals surface area contributed by atoms with Crippen LogP contribution in [0.4, 0.5) is 17.3 Å². The van der Waals surface area contributed by atoms with Gasteiger partial charge < -0.3 is 24.4 Å². The molecule has 1 N–H and O–H groups in total. The van der Waals surface area contributed by atoms with Crippen LogP contribution >= 0.6 is 0 Å². The molecule has 0 amide bonds. The summed E-state index contributed by atoms with van der Waals surface area (Å²) in [4.78, 5) is 28.0.